The second-order valence-corrected chi connectivity index (χ2v) is 8.71. The van der Waals surface area contributed by atoms with Gasteiger partial charge in [0.1, 0.15) is 17.7 Å². The summed E-state index contributed by atoms with van der Waals surface area (Å²) < 4.78 is 55.2. The van der Waals surface area contributed by atoms with Crippen LogP contribution in [-0.4, -0.2) is 56.6 Å². The number of aromatic nitrogens is 2. The lowest BCUT2D eigenvalue weighted by Gasteiger charge is -2.32. The fourth-order valence-electron chi connectivity index (χ4n) is 4.80. The summed E-state index contributed by atoms with van der Waals surface area (Å²) >= 11 is 0. The molecule has 0 saturated carbocycles. The molecule has 10 heteroatoms. The number of piperazine rings is 1. The SMILES string of the molecule is COc1ccc(C2CC(C(F)F)n3nc(-c4ccc(N5CCNCC5)cc4F)cc3N2)cc1OC. The predicted octanol–water partition coefficient (Wildman–Crippen LogP) is 4.48. The Bertz CT molecular complexity index is 1200. The van der Waals surface area contributed by atoms with Crippen LogP contribution in [0.4, 0.5) is 24.7 Å². The van der Waals surface area contributed by atoms with E-state index in [0.717, 1.165) is 37.4 Å². The van der Waals surface area contributed by atoms with Crippen LogP contribution in [0.5, 0.6) is 11.5 Å². The third kappa shape index (κ3) is 4.50. The molecule has 2 N–H and O–H groups in total. The number of fused-ring (bicyclic) bond motifs is 1. The van der Waals surface area contributed by atoms with Crippen molar-refractivity contribution in [2.45, 2.75) is 24.9 Å². The molecule has 35 heavy (non-hydrogen) atoms. The van der Waals surface area contributed by atoms with Crippen LogP contribution in [0.1, 0.15) is 24.1 Å². The van der Waals surface area contributed by atoms with Crippen LogP contribution >= 0.6 is 0 Å². The molecule has 3 heterocycles. The Morgan fingerprint density at radius 3 is 2.46 bits per heavy atom. The second-order valence-electron chi connectivity index (χ2n) is 8.71. The number of rotatable bonds is 6. The lowest BCUT2D eigenvalue weighted by molar-refractivity contribution is 0.0659. The Morgan fingerprint density at radius 1 is 1.00 bits per heavy atom. The minimum Gasteiger partial charge on any atom is -0.493 e. The Labute approximate surface area is 201 Å². The van der Waals surface area contributed by atoms with Crippen molar-refractivity contribution >= 4 is 11.5 Å². The van der Waals surface area contributed by atoms with Crippen molar-refractivity contribution in [3.8, 4) is 22.8 Å². The van der Waals surface area contributed by atoms with E-state index in [2.05, 4.69) is 20.6 Å². The monoisotopic (exact) mass is 487 g/mol. The summed E-state index contributed by atoms with van der Waals surface area (Å²) in [6.45, 7) is 3.29. The molecule has 0 aliphatic carbocycles. The molecule has 0 bridgehead atoms. The van der Waals surface area contributed by atoms with Crippen molar-refractivity contribution in [2.75, 3.05) is 50.6 Å². The molecule has 2 unspecified atom stereocenters. The van der Waals surface area contributed by atoms with Crippen LogP contribution in [0, 0.1) is 5.82 Å². The summed E-state index contributed by atoms with van der Waals surface area (Å²) in [5.74, 6) is 1.07. The number of hydrogen-bond acceptors (Lipinski definition) is 6. The first-order valence-corrected chi connectivity index (χ1v) is 11.6. The van der Waals surface area contributed by atoms with E-state index in [1.807, 2.05) is 12.1 Å². The van der Waals surface area contributed by atoms with Crippen LogP contribution in [-0.2, 0) is 0 Å². The molecule has 7 nitrogen and oxygen atoms in total. The van der Waals surface area contributed by atoms with Gasteiger partial charge in [0, 0.05) is 43.5 Å². The number of nitrogens with zero attached hydrogens (tertiary/aromatic N) is 3. The zero-order chi connectivity index (χ0) is 24.5. The van der Waals surface area contributed by atoms with E-state index in [4.69, 9.17) is 9.47 Å². The molecule has 1 aromatic heterocycles. The molecule has 2 atom stereocenters. The summed E-state index contributed by atoms with van der Waals surface area (Å²) in [7, 11) is 3.07. The van der Waals surface area contributed by atoms with Crippen molar-refractivity contribution in [1.29, 1.82) is 0 Å². The van der Waals surface area contributed by atoms with E-state index in [0.29, 0.717) is 23.0 Å². The highest BCUT2D eigenvalue weighted by molar-refractivity contribution is 5.67. The molecule has 2 aliphatic rings. The molecule has 2 aromatic carbocycles. The standard InChI is InChI=1S/C25H28F3N5O2/c1-34-22-6-3-15(11-23(22)35-2)19-13-21(25(27)28)33-24(30-19)14-20(31-33)17-5-4-16(12-18(17)26)32-9-7-29-8-10-32/h3-6,11-12,14,19,21,25,29-30H,7-10,13H2,1-2H3. The quantitative estimate of drug-likeness (QED) is 0.535. The van der Waals surface area contributed by atoms with Gasteiger partial charge in [0.15, 0.2) is 11.5 Å². The minimum absolute atomic E-state index is 0.117. The first kappa shape index (κ1) is 23.3. The van der Waals surface area contributed by atoms with Gasteiger partial charge in [0.25, 0.3) is 6.43 Å². The number of methoxy groups -OCH3 is 2. The van der Waals surface area contributed by atoms with E-state index in [-0.39, 0.29) is 12.0 Å². The molecule has 1 saturated heterocycles. The van der Waals surface area contributed by atoms with Gasteiger partial charge in [-0.2, -0.15) is 5.10 Å². The van der Waals surface area contributed by atoms with Crippen molar-refractivity contribution in [2.24, 2.45) is 0 Å². The zero-order valence-corrected chi connectivity index (χ0v) is 19.6. The van der Waals surface area contributed by atoms with Gasteiger partial charge < -0.3 is 25.0 Å². The van der Waals surface area contributed by atoms with Crippen LogP contribution in [0.3, 0.4) is 0 Å². The van der Waals surface area contributed by atoms with Crippen LogP contribution in [0.25, 0.3) is 11.3 Å². The van der Waals surface area contributed by atoms with E-state index >= 15 is 4.39 Å². The number of ether oxygens (including phenoxy) is 2. The number of anilines is 2. The van der Waals surface area contributed by atoms with Gasteiger partial charge in [-0.25, -0.2) is 17.9 Å². The largest absolute Gasteiger partial charge is 0.493 e. The third-order valence-electron chi connectivity index (χ3n) is 6.66. The number of benzene rings is 2. The van der Waals surface area contributed by atoms with Gasteiger partial charge in [-0.05, 0) is 42.3 Å². The average Bonchev–Trinajstić information content (AvgIpc) is 3.31. The fourth-order valence-corrected chi connectivity index (χ4v) is 4.80. The third-order valence-corrected chi connectivity index (χ3v) is 6.66. The van der Waals surface area contributed by atoms with Gasteiger partial charge in [-0.15, -0.1) is 0 Å². The minimum atomic E-state index is -2.63. The highest BCUT2D eigenvalue weighted by atomic mass is 19.3. The smallest absolute Gasteiger partial charge is 0.260 e. The Morgan fingerprint density at radius 2 is 1.77 bits per heavy atom. The van der Waals surface area contributed by atoms with Crippen LogP contribution in [0.15, 0.2) is 42.5 Å². The summed E-state index contributed by atoms with van der Waals surface area (Å²) in [4.78, 5) is 2.11. The van der Waals surface area contributed by atoms with Gasteiger partial charge in [-0.3, -0.25) is 0 Å². The van der Waals surface area contributed by atoms with E-state index in [1.165, 1.54) is 17.9 Å². The Kier molecular flexibility index (Phi) is 6.46. The van der Waals surface area contributed by atoms with Gasteiger partial charge in [-0.1, -0.05) is 6.07 Å². The molecule has 0 amide bonds. The van der Waals surface area contributed by atoms with Crippen LogP contribution < -0.4 is 25.0 Å². The first-order chi connectivity index (χ1) is 17.0. The predicted molar refractivity (Wildman–Crippen MR) is 128 cm³/mol. The number of nitrogens with one attached hydrogen (secondary N) is 2. The zero-order valence-electron chi connectivity index (χ0n) is 19.6. The van der Waals surface area contributed by atoms with Gasteiger partial charge in [0.2, 0.25) is 0 Å². The maximum atomic E-state index is 15.1. The van der Waals surface area contributed by atoms with Crippen molar-refractivity contribution in [3.63, 3.8) is 0 Å². The maximum Gasteiger partial charge on any atom is 0.260 e. The van der Waals surface area contributed by atoms with Crippen molar-refractivity contribution in [1.82, 2.24) is 15.1 Å². The number of hydrogen-bond donors (Lipinski definition) is 2. The summed E-state index contributed by atoms with van der Waals surface area (Å²) in [5.41, 5.74) is 2.18. The summed E-state index contributed by atoms with van der Waals surface area (Å²) in [6.07, 6.45) is -2.52. The van der Waals surface area contributed by atoms with Gasteiger partial charge >= 0.3 is 0 Å². The maximum absolute atomic E-state index is 15.1. The molecule has 1 fully saturated rings. The molecule has 0 radical (unpaired) electrons. The molecular weight excluding hydrogens is 459 g/mol. The highest BCUT2D eigenvalue weighted by Crippen LogP contribution is 2.41. The molecular formula is C25H28F3N5O2. The first-order valence-electron chi connectivity index (χ1n) is 11.6. The van der Waals surface area contributed by atoms with Crippen LogP contribution in [0.2, 0.25) is 0 Å². The van der Waals surface area contributed by atoms with E-state index in [9.17, 15) is 8.78 Å². The average molecular weight is 488 g/mol. The lowest BCUT2D eigenvalue weighted by atomic mass is 9.97. The molecule has 186 valence electrons. The topological polar surface area (TPSA) is 63.6 Å². The van der Waals surface area contributed by atoms with Crippen molar-refractivity contribution < 1.29 is 22.6 Å². The molecule has 3 aromatic rings. The normalized spacial score (nSPS) is 19.9. The highest BCUT2D eigenvalue weighted by Gasteiger charge is 2.35. The molecule has 5 rings (SSSR count). The van der Waals surface area contributed by atoms with E-state index in [1.54, 1.807) is 31.4 Å². The lowest BCUT2D eigenvalue weighted by Crippen LogP contribution is -2.43. The van der Waals surface area contributed by atoms with Gasteiger partial charge in [0.05, 0.1) is 26.0 Å². The molecule has 2 aliphatic heterocycles. The summed E-state index contributed by atoms with van der Waals surface area (Å²) in [5, 5.41) is 10.9. The number of alkyl halides is 2. The van der Waals surface area contributed by atoms with Crippen molar-refractivity contribution in [3.05, 3.63) is 53.8 Å². The second kappa shape index (κ2) is 9.69. The Hall–Kier alpha value is -3.40. The van der Waals surface area contributed by atoms with E-state index < -0.39 is 24.3 Å². The fraction of sp³-hybridized carbons (Fsp3) is 0.400. The summed E-state index contributed by atoms with van der Waals surface area (Å²) in [6, 6.07) is 10.4. The Balaban J connectivity index is 1.45. The molecule has 0 spiro atoms. The number of halogens is 3.